The molecule has 264 valence electrons. The Morgan fingerprint density at radius 3 is 1.24 bits per heavy atom. The van der Waals surface area contributed by atoms with Crippen LogP contribution in [0.3, 0.4) is 0 Å². The fourth-order valence-electron chi connectivity index (χ4n) is 3.97. The Balaban J connectivity index is 6.00. The van der Waals surface area contributed by atoms with Crippen LogP contribution in [0.5, 0.6) is 0 Å². The highest BCUT2D eigenvalue weighted by Crippen LogP contribution is 2.19. The predicted octanol–water partition coefficient (Wildman–Crippen LogP) is 5.68. The molecule has 3 N–H and O–H groups in total. The van der Waals surface area contributed by atoms with E-state index in [-0.39, 0.29) is 51.8 Å². The molecule has 0 saturated heterocycles. The lowest BCUT2D eigenvalue weighted by Gasteiger charge is -2.34. The number of ether oxygens (including phenoxy) is 4. The van der Waals surface area contributed by atoms with E-state index in [2.05, 4.69) is 10.6 Å². The summed E-state index contributed by atoms with van der Waals surface area (Å²) in [5.74, 6) is -0.216. The van der Waals surface area contributed by atoms with Crippen molar-refractivity contribution in [2.24, 2.45) is 5.92 Å². The normalized spacial score (nSPS) is 12.3. The van der Waals surface area contributed by atoms with Gasteiger partial charge in [-0.05, 0) is 102 Å². The van der Waals surface area contributed by atoms with Gasteiger partial charge in [-0.1, -0.05) is 12.8 Å². The van der Waals surface area contributed by atoms with Gasteiger partial charge in [0.1, 0.15) is 22.4 Å². The van der Waals surface area contributed by atoms with Crippen molar-refractivity contribution in [2.45, 2.75) is 131 Å². The molecule has 0 radical (unpaired) electrons. The van der Waals surface area contributed by atoms with Crippen molar-refractivity contribution in [1.82, 2.24) is 20.4 Å². The summed E-state index contributed by atoms with van der Waals surface area (Å²) in [5, 5.41) is 14.7. The van der Waals surface area contributed by atoms with Gasteiger partial charge in [0.15, 0.2) is 0 Å². The van der Waals surface area contributed by atoms with Crippen LogP contribution in [0, 0.1) is 5.92 Å². The molecule has 0 fully saturated rings. The van der Waals surface area contributed by atoms with E-state index < -0.39 is 46.8 Å². The van der Waals surface area contributed by atoms with Gasteiger partial charge in [0.25, 0.3) is 0 Å². The molecule has 13 heteroatoms. The van der Waals surface area contributed by atoms with E-state index in [9.17, 15) is 24.3 Å². The Morgan fingerprint density at radius 1 is 0.578 bits per heavy atom. The highest BCUT2D eigenvalue weighted by atomic mass is 16.6. The minimum atomic E-state index is -0.750. The minimum Gasteiger partial charge on any atom is -0.444 e. The zero-order valence-corrected chi connectivity index (χ0v) is 30.0. The maximum atomic E-state index is 13.3. The number of nitrogens with zero attached hydrogens (tertiary/aromatic N) is 2. The third-order valence-corrected chi connectivity index (χ3v) is 5.63. The summed E-state index contributed by atoms with van der Waals surface area (Å²) in [6.45, 7) is 22.3. The third-order valence-electron chi connectivity index (χ3n) is 5.63. The molecule has 0 rings (SSSR count). The number of alkyl carbamates (subject to hydrolysis) is 2. The molecule has 45 heavy (non-hydrogen) atoms. The molecule has 4 amide bonds. The van der Waals surface area contributed by atoms with Gasteiger partial charge in [0, 0.05) is 45.9 Å². The molecule has 0 spiro atoms. The molecule has 0 saturated carbocycles. The van der Waals surface area contributed by atoms with E-state index in [0.29, 0.717) is 12.8 Å². The standard InChI is InChI=1S/C32H62N4O9/c1-29(2,3)42-25(38)33-17-19-35(27(40)44-31(7,8)9)22-24(16-14-13-15-21-37)23-36(28(41)45-32(10,11)12)20-18-34-26(39)43-30(4,5)6/h24,37H,13-23H2,1-12H3,(H,33,38)(H,34,39). The van der Waals surface area contributed by atoms with Crippen LogP contribution < -0.4 is 10.6 Å². The number of aliphatic hydroxyl groups is 1. The molecule has 0 aliphatic carbocycles. The first-order chi connectivity index (χ1) is 20.4. The van der Waals surface area contributed by atoms with E-state index in [1.165, 1.54) is 9.80 Å². The topological polar surface area (TPSA) is 156 Å². The van der Waals surface area contributed by atoms with Crippen LogP contribution in [0.15, 0.2) is 0 Å². The number of hydrogen-bond donors (Lipinski definition) is 3. The molecule has 0 heterocycles. The highest BCUT2D eigenvalue weighted by molar-refractivity contribution is 5.70. The second-order valence-electron chi connectivity index (χ2n) is 15.1. The third kappa shape index (κ3) is 24.0. The predicted molar refractivity (Wildman–Crippen MR) is 173 cm³/mol. The van der Waals surface area contributed by atoms with Crippen LogP contribution in [-0.4, -0.2) is 108 Å². The summed E-state index contributed by atoms with van der Waals surface area (Å²) in [5.41, 5.74) is -2.84. The number of unbranched alkanes of at least 4 members (excludes halogenated alkanes) is 2. The van der Waals surface area contributed by atoms with Crippen molar-refractivity contribution < 1.29 is 43.2 Å². The number of rotatable bonds is 15. The molecule has 0 aromatic heterocycles. The zero-order valence-electron chi connectivity index (χ0n) is 30.0. The van der Waals surface area contributed by atoms with Gasteiger partial charge in [-0.25, -0.2) is 19.2 Å². The van der Waals surface area contributed by atoms with Crippen LogP contribution in [0.25, 0.3) is 0 Å². The summed E-state index contributed by atoms with van der Waals surface area (Å²) in [7, 11) is 0. The van der Waals surface area contributed by atoms with E-state index in [1.807, 2.05) is 0 Å². The lowest BCUT2D eigenvalue weighted by molar-refractivity contribution is 0.0130. The number of carbonyl (C=O) groups is 4. The summed E-state index contributed by atoms with van der Waals surface area (Å²) in [6.07, 6.45) is 0.499. The summed E-state index contributed by atoms with van der Waals surface area (Å²) >= 11 is 0. The van der Waals surface area contributed by atoms with E-state index >= 15 is 0 Å². The fourth-order valence-corrected chi connectivity index (χ4v) is 3.97. The molecule has 0 atom stereocenters. The van der Waals surface area contributed by atoms with Crippen LogP contribution in [0.2, 0.25) is 0 Å². The van der Waals surface area contributed by atoms with Crippen molar-refractivity contribution in [3.8, 4) is 0 Å². The molecule has 13 nitrogen and oxygen atoms in total. The van der Waals surface area contributed by atoms with Gasteiger partial charge in [-0.2, -0.15) is 0 Å². The quantitative estimate of drug-likeness (QED) is 0.150. The Bertz CT molecular complexity index is 848. The lowest BCUT2D eigenvalue weighted by Crippen LogP contribution is -2.48. The molecule has 0 bridgehead atoms. The van der Waals surface area contributed by atoms with Gasteiger partial charge >= 0.3 is 24.4 Å². The maximum Gasteiger partial charge on any atom is 0.410 e. The van der Waals surface area contributed by atoms with Crippen molar-refractivity contribution in [1.29, 1.82) is 0 Å². The van der Waals surface area contributed by atoms with Crippen LogP contribution in [-0.2, 0) is 18.9 Å². The number of nitrogens with one attached hydrogen (secondary N) is 2. The van der Waals surface area contributed by atoms with Crippen molar-refractivity contribution >= 4 is 24.4 Å². The minimum absolute atomic E-state index is 0.0748. The van der Waals surface area contributed by atoms with Crippen LogP contribution in [0.1, 0.15) is 109 Å². The van der Waals surface area contributed by atoms with Crippen LogP contribution in [0.4, 0.5) is 19.2 Å². The van der Waals surface area contributed by atoms with Crippen molar-refractivity contribution in [2.75, 3.05) is 45.9 Å². The second-order valence-corrected chi connectivity index (χ2v) is 15.1. The number of aliphatic hydroxyl groups excluding tert-OH is 1. The average Bonchev–Trinajstić information content (AvgIpc) is 2.80. The summed E-state index contributed by atoms with van der Waals surface area (Å²) in [4.78, 5) is 54.1. The first-order valence-corrected chi connectivity index (χ1v) is 15.9. The first-order valence-electron chi connectivity index (χ1n) is 15.9. The molecule has 0 aliphatic heterocycles. The van der Waals surface area contributed by atoms with Gasteiger partial charge in [0.05, 0.1) is 0 Å². The molecule has 0 aromatic rings. The Morgan fingerprint density at radius 2 is 0.933 bits per heavy atom. The monoisotopic (exact) mass is 646 g/mol. The van der Waals surface area contributed by atoms with Crippen molar-refractivity contribution in [3.05, 3.63) is 0 Å². The maximum absolute atomic E-state index is 13.3. The Labute approximate surface area is 271 Å². The molecule has 0 aromatic carbocycles. The zero-order chi connectivity index (χ0) is 35.1. The molecular formula is C32H62N4O9. The van der Waals surface area contributed by atoms with Crippen molar-refractivity contribution in [3.63, 3.8) is 0 Å². The Kier molecular flexibility index (Phi) is 17.6. The Hall–Kier alpha value is -2.96. The largest absolute Gasteiger partial charge is 0.444 e. The van der Waals surface area contributed by atoms with Crippen LogP contribution >= 0.6 is 0 Å². The smallest absolute Gasteiger partial charge is 0.410 e. The van der Waals surface area contributed by atoms with Gasteiger partial charge in [-0.3, -0.25) is 0 Å². The van der Waals surface area contributed by atoms with E-state index in [4.69, 9.17) is 18.9 Å². The molecular weight excluding hydrogens is 584 g/mol. The first kappa shape index (κ1) is 42.0. The van der Waals surface area contributed by atoms with Gasteiger partial charge < -0.3 is 44.5 Å². The van der Waals surface area contributed by atoms with E-state index in [1.54, 1.807) is 83.1 Å². The highest BCUT2D eigenvalue weighted by Gasteiger charge is 2.29. The second kappa shape index (κ2) is 18.9. The number of carbonyl (C=O) groups excluding carboxylic acids is 4. The van der Waals surface area contributed by atoms with Gasteiger partial charge in [0.2, 0.25) is 0 Å². The number of hydrogen-bond acceptors (Lipinski definition) is 9. The lowest BCUT2D eigenvalue weighted by atomic mass is 9.99. The summed E-state index contributed by atoms with van der Waals surface area (Å²) in [6, 6.07) is 0. The number of amides is 4. The SMILES string of the molecule is CC(C)(C)OC(=O)NCCN(CC(CCCCCO)CN(CCNC(=O)OC(C)(C)C)C(=O)OC(C)(C)C)C(=O)OC(C)(C)C. The summed E-state index contributed by atoms with van der Waals surface area (Å²) < 4.78 is 22.0. The molecule has 0 unspecified atom stereocenters. The van der Waals surface area contributed by atoms with E-state index in [0.717, 1.165) is 12.8 Å². The average molecular weight is 647 g/mol. The molecule has 0 aliphatic rings. The fraction of sp³-hybridized carbons (Fsp3) is 0.875. The van der Waals surface area contributed by atoms with Gasteiger partial charge in [-0.15, -0.1) is 0 Å².